The molecule has 2 unspecified atom stereocenters. The summed E-state index contributed by atoms with van der Waals surface area (Å²) in [6.45, 7) is 1.78. The summed E-state index contributed by atoms with van der Waals surface area (Å²) in [6, 6.07) is 15.7. The molecule has 23 heavy (non-hydrogen) atoms. The zero-order valence-electron chi connectivity index (χ0n) is 13.2. The number of likely N-dealkylation sites (tertiary alicyclic amines) is 1. The summed E-state index contributed by atoms with van der Waals surface area (Å²) in [5.74, 6) is 0.269. The second-order valence-electron chi connectivity index (χ2n) is 6.58. The third-order valence-corrected chi connectivity index (χ3v) is 5.10. The number of carbonyl (C=O) groups is 1. The molecule has 1 N–H and O–H groups in total. The van der Waals surface area contributed by atoms with Crippen LogP contribution in [0.25, 0.3) is 10.8 Å². The second-order valence-corrected chi connectivity index (χ2v) is 6.58. The van der Waals surface area contributed by atoms with Gasteiger partial charge in [0.05, 0.1) is 6.42 Å². The van der Waals surface area contributed by atoms with Crippen LogP contribution in [0.1, 0.15) is 24.8 Å². The highest BCUT2D eigenvalue weighted by Crippen LogP contribution is 2.23. The molecule has 0 aromatic heterocycles. The fourth-order valence-electron chi connectivity index (χ4n) is 3.89. The van der Waals surface area contributed by atoms with Gasteiger partial charge in [-0.05, 0) is 35.6 Å². The summed E-state index contributed by atoms with van der Waals surface area (Å²) in [5, 5.41) is 6.05. The molecule has 2 bridgehead atoms. The lowest BCUT2D eigenvalue weighted by Gasteiger charge is -2.24. The first-order valence-corrected chi connectivity index (χ1v) is 8.30. The summed E-state index contributed by atoms with van der Waals surface area (Å²) in [7, 11) is 0. The van der Waals surface area contributed by atoms with Crippen molar-refractivity contribution in [1.82, 2.24) is 10.2 Å². The van der Waals surface area contributed by atoms with Gasteiger partial charge in [0.1, 0.15) is 0 Å². The first-order valence-electron chi connectivity index (χ1n) is 8.30. The molecule has 4 rings (SSSR count). The van der Waals surface area contributed by atoms with Crippen molar-refractivity contribution in [1.29, 1.82) is 0 Å². The van der Waals surface area contributed by atoms with Gasteiger partial charge in [-0.3, -0.25) is 4.79 Å². The smallest absolute Gasteiger partial charge is 0.227 e. The lowest BCUT2D eigenvalue weighted by Crippen LogP contribution is -2.39. The van der Waals surface area contributed by atoms with Crippen LogP contribution in [0.5, 0.6) is 0 Å². The topological polar surface area (TPSA) is 32.3 Å². The van der Waals surface area contributed by atoms with Crippen molar-refractivity contribution >= 4 is 29.1 Å². The number of hydrogen-bond donors (Lipinski definition) is 1. The van der Waals surface area contributed by atoms with E-state index < -0.39 is 0 Å². The van der Waals surface area contributed by atoms with Gasteiger partial charge in [0.2, 0.25) is 5.91 Å². The van der Waals surface area contributed by atoms with Gasteiger partial charge < -0.3 is 10.2 Å². The molecule has 0 radical (unpaired) electrons. The Bertz CT molecular complexity index is 697. The SMILES string of the molecule is Cl.O=C(Cc1cccc2ccccc12)N1CCC2CCC(C1)N2. The lowest BCUT2D eigenvalue weighted by atomic mass is 10.0. The Morgan fingerprint density at radius 1 is 1.04 bits per heavy atom. The molecule has 2 fully saturated rings. The van der Waals surface area contributed by atoms with Crippen molar-refractivity contribution in [3.05, 3.63) is 48.0 Å². The lowest BCUT2D eigenvalue weighted by molar-refractivity contribution is -0.130. The van der Waals surface area contributed by atoms with Crippen LogP contribution in [0, 0.1) is 0 Å². The highest BCUT2D eigenvalue weighted by molar-refractivity contribution is 5.90. The van der Waals surface area contributed by atoms with E-state index in [1.807, 2.05) is 12.1 Å². The van der Waals surface area contributed by atoms with Gasteiger partial charge in [0, 0.05) is 25.2 Å². The van der Waals surface area contributed by atoms with Gasteiger partial charge in [-0.2, -0.15) is 0 Å². The molecule has 2 atom stereocenters. The summed E-state index contributed by atoms with van der Waals surface area (Å²) in [6.07, 6.45) is 4.09. The number of carbonyl (C=O) groups excluding carboxylic acids is 1. The van der Waals surface area contributed by atoms with E-state index in [1.165, 1.54) is 23.6 Å². The second kappa shape index (κ2) is 6.90. The van der Waals surface area contributed by atoms with E-state index in [4.69, 9.17) is 0 Å². The molecule has 1 amide bonds. The van der Waals surface area contributed by atoms with Crippen molar-refractivity contribution in [3.8, 4) is 0 Å². The number of nitrogens with one attached hydrogen (secondary N) is 1. The summed E-state index contributed by atoms with van der Waals surface area (Å²) in [4.78, 5) is 14.8. The molecule has 2 aliphatic heterocycles. The predicted octanol–water partition coefficient (Wildman–Crippen LogP) is 3.16. The standard InChI is InChI=1S/C19H22N2O.ClH/c22-19(21-11-10-16-8-9-17(13-21)20-16)12-15-6-3-5-14-4-1-2-7-18(14)15;/h1-7,16-17,20H,8-13H2;1H. The fraction of sp³-hybridized carbons (Fsp3) is 0.421. The Morgan fingerprint density at radius 3 is 2.74 bits per heavy atom. The molecular weight excluding hydrogens is 308 g/mol. The van der Waals surface area contributed by atoms with Crippen molar-refractivity contribution in [2.75, 3.05) is 13.1 Å². The fourth-order valence-corrected chi connectivity index (χ4v) is 3.89. The van der Waals surface area contributed by atoms with Crippen LogP contribution < -0.4 is 5.32 Å². The van der Waals surface area contributed by atoms with Crippen molar-refractivity contribution < 1.29 is 4.79 Å². The average molecular weight is 331 g/mol. The zero-order chi connectivity index (χ0) is 14.9. The Labute approximate surface area is 143 Å². The van der Waals surface area contributed by atoms with E-state index in [-0.39, 0.29) is 18.3 Å². The molecule has 4 heteroatoms. The maximum atomic E-state index is 12.7. The predicted molar refractivity (Wildman–Crippen MR) is 96.0 cm³/mol. The van der Waals surface area contributed by atoms with Crippen LogP contribution in [-0.4, -0.2) is 36.0 Å². The van der Waals surface area contributed by atoms with E-state index >= 15 is 0 Å². The third kappa shape index (κ3) is 3.36. The number of benzene rings is 2. The minimum absolute atomic E-state index is 0. The molecule has 2 heterocycles. The van der Waals surface area contributed by atoms with E-state index in [2.05, 4.69) is 40.5 Å². The Kier molecular flexibility index (Phi) is 4.88. The molecule has 122 valence electrons. The molecule has 0 spiro atoms. The summed E-state index contributed by atoms with van der Waals surface area (Å²) < 4.78 is 0. The zero-order valence-corrected chi connectivity index (χ0v) is 14.0. The number of halogens is 1. The van der Waals surface area contributed by atoms with Gasteiger partial charge in [-0.25, -0.2) is 0 Å². The van der Waals surface area contributed by atoms with Crippen LogP contribution >= 0.6 is 12.4 Å². The molecular formula is C19H23ClN2O. The highest BCUT2D eigenvalue weighted by Gasteiger charge is 2.31. The maximum absolute atomic E-state index is 12.7. The summed E-state index contributed by atoms with van der Waals surface area (Å²) >= 11 is 0. The average Bonchev–Trinajstić information content (AvgIpc) is 2.86. The van der Waals surface area contributed by atoms with Crippen LogP contribution in [0.15, 0.2) is 42.5 Å². The van der Waals surface area contributed by atoms with Crippen molar-refractivity contribution in [3.63, 3.8) is 0 Å². The van der Waals surface area contributed by atoms with E-state index in [0.29, 0.717) is 18.5 Å². The Morgan fingerprint density at radius 2 is 1.83 bits per heavy atom. The normalized spacial score (nSPS) is 23.4. The van der Waals surface area contributed by atoms with E-state index in [9.17, 15) is 4.79 Å². The largest absolute Gasteiger partial charge is 0.341 e. The van der Waals surface area contributed by atoms with Crippen molar-refractivity contribution in [2.24, 2.45) is 0 Å². The first-order chi connectivity index (χ1) is 10.8. The molecule has 0 aliphatic carbocycles. The van der Waals surface area contributed by atoms with Crippen LogP contribution in [0.3, 0.4) is 0 Å². The number of amides is 1. The minimum Gasteiger partial charge on any atom is -0.341 e. The number of hydrogen-bond acceptors (Lipinski definition) is 2. The van der Waals surface area contributed by atoms with Gasteiger partial charge >= 0.3 is 0 Å². The number of rotatable bonds is 2. The molecule has 2 aromatic rings. The van der Waals surface area contributed by atoms with Crippen molar-refractivity contribution in [2.45, 2.75) is 37.8 Å². The van der Waals surface area contributed by atoms with Crippen LogP contribution in [0.4, 0.5) is 0 Å². The number of fused-ring (bicyclic) bond motifs is 3. The van der Waals surface area contributed by atoms with E-state index in [1.54, 1.807) is 0 Å². The van der Waals surface area contributed by atoms with Gasteiger partial charge in [0.25, 0.3) is 0 Å². The number of nitrogens with zero attached hydrogens (tertiary/aromatic N) is 1. The van der Waals surface area contributed by atoms with Gasteiger partial charge in [0.15, 0.2) is 0 Å². The monoisotopic (exact) mass is 330 g/mol. The van der Waals surface area contributed by atoms with Gasteiger partial charge in [-0.15, -0.1) is 12.4 Å². The van der Waals surface area contributed by atoms with E-state index in [0.717, 1.165) is 25.1 Å². The molecule has 2 aliphatic rings. The minimum atomic E-state index is 0. The Hall–Kier alpha value is -1.58. The van der Waals surface area contributed by atoms with Crippen LogP contribution in [-0.2, 0) is 11.2 Å². The Balaban J connectivity index is 0.00000156. The highest BCUT2D eigenvalue weighted by atomic mass is 35.5. The van der Waals surface area contributed by atoms with Gasteiger partial charge in [-0.1, -0.05) is 42.5 Å². The summed E-state index contributed by atoms with van der Waals surface area (Å²) in [5.41, 5.74) is 1.14. The maximum Gasteiger partial charge on any atom is 0.227 e. The van der Waals surface area contributed by atoms with Crippen LogP contribution in [0.2, 0.25) is 0 Å². The molecule has 3 nitrogen and oxygen atoms in total. The molecule has 2 saturated heterocycles. The molecule has 0 saturated carbocycles. The quantitative estimate of drug-likeness (QED) is 0.917. The molecule has 2 aromatic carbocycles. The third-order valence-electron chi connectivity index (χ3n) is 5.10. The first kappa shape index (κ1) is 16.3.